The van der Waals surface area contributed by atoms with Crippen LogP contribution >= 0.6 is 0 Å². The number of carbonyl (C=O) groups is 1. The van der Waals surface area contributed by atoms with Crippen molar-refractivity contribution in [3.05, 3.63) is 66.0 Å². The number of fused-ring (bicyclic) bond motifs is 1. The first-order valence-electron chi connectivity index (χ1n) is 8.79. The van der Waals surface area contributed by atoms with Crippen LogP contribution in [0.4, 0.5) is 13.2 Å². The highest BCUT2D eigenvalue weighted by Crippen LogP contribution is 2.15. The Morgan fingerprint density at radius 3 is 2.71 bits per heavy atom. The minimum Gasteiger partial charge on any atom is -0.372 e. The van der Waals surface area contributed by atoms with E-state index >= 15 is 0 Å². The van der Waals surface area contributed by atoms with Gasteiger partial charge in [0.15, 0.2) is 0 Å². The Bertz CT molecular complexity index is 938. The van der Waals surface area contributed by atoms with E-state index in [-0.39, 0.29) is 18.9 Å². The van der Waals surface area contributed by atoms with Gasteiger partial charge < -0.3 is 14.6 Å². The van der Waals surface area contributed by atoms with E-state index in [9.17, 15) is 18.0 Å². The smallest absolute Gasteiger partial charge is 0.372 e. The summed E-state index contributed by atoms with van der Waals surface area (Å²) in [6, 6.07) is 15.6. The standard InChI is InChI=1S/C20H20F3N3O2/c21-20(22,23)13-28-9-8-19(27)24-11-15-4-3-5-16(10-15)12-26-14-25-17-6-1-2-7-18(17)26/h1-7,10,14H,8-9,11-13H2,(H,24,27). The summed E-state index contributed by atoms with van der Waals surface area (Å²) in [5.74, 6) is -0.354. The van der Waals surface area contributed by atoms with E-state index in [1.807, 2.05) is 53.1 Å². The van der Waals surface area contributed by atoms with Crippen LogP contribution in [-0.4, -0.2) is 34.8 Å². The van der Waals surface area contributed by atoms with Gasteiger partial charge in [0.05, 0.1) is 24.0 Å². The SMILES string of the molecule is O=C(CCOCC(F)(F)F)NCc1cccc(Cn2cnc3ccccc32)c1. The number of imidazole rings is 1. The summed E-state index contributed by atoms with van der Waals surface area (Å²) in [5, 5.41) is 2.69. The maximum absolute atomic E-state index is 12.0. The molecule has 8 heteroatoms. The van der Waals surface area contributed by atoms with Crippen molar-refractivity contribution in [3.63, 3.8) is 0 Å². The maximum Gasteiger partial charge on any atom is 0.411 e. The van der Waals surface area contributed by atoms with Gasteiger partial charge in [-0.05, 0) is 23.3 Å². The fraction of sp³-hybridized carbons (Fsp3) is 0.300. The molecule has 0 aliphatic rings. The predicted molar refractivity (Wildman–Crippen MR) is 98.6 cm³/mol. The summed E-state index contributed by atoms with van der Waals surface area (Å²) in [5.41, 5.74) is 3.94. The maximum atomic E-state index is 12.0. The van der Waals surface area contributed by atoms with Crippen molar-refractivity contribution in [2.45, 2.75) is 25.7 Å². The van der Waals surface area contributed by atoms with Gasteiger partial charge in [-0.15, -0.1) is 0 Å². The molecule has 0 fully saturated rings. The summed E-state index contributed by atoms with van der Waals surface area (Å²) in [4.78, 5) is 16.1. The monoisotopic (exact) mass is 391 g/mol. The summed E-state index contributed by atoms with van der Waals surface area (Å²) in [7, 11) is 0. The minimum atomic E-state index is -4.38. The Labute approximate surface area is 160 Å². The van der Waals surface area contributed by atoms with Gasteiger partial charge in [-0.25, -0.2) is 4.98 Å². The zero-order valence-electron chi connectivity index (χ0n) is 15.1. The Balaban J connectivity index is 1.50. The second kappa shape index (κ2) is 8.88. The van der Waals surface area contributed by atoms with Crippen molar-refractivity contribution in [1.82, 2.24) is 14.9 Å². The summed E-state index contributed by atoms with van der Waals surface area (Å²) < 4.78 is 42.4. The number of ether oxygens (including phenoxy) is 1. The number of nitrogens with one attached hydrogen (secondary N) is 1. The molecule has 1 N–H and O–H groups in total. The quantitative estimate of drug-likeness (QED) is 0.596. The van der Waals surface area contributed by atoms with E-state index in [4.69, 9.17) is 0 Å². The predicted octanol–water partition coefficient (Wildman–Crippen LogP) is 3.67. The third kappa shape index (κ3) is 5.82. The number of nitrogens with zero attached hydrogens (tertiary/aromatic N) is 2. The Hall–Kier alpha value is -2.87. The van der Waals surface area contributed by atoms with Crippen LogP contribution in [0, 0.1) is 0 Å². The number of carbonyl (C=O) groups excluding carboxylic acids is 1. The number of aromatic nitrogens is 2. The lowest BCUT2D eigenvalue weighted by Crippen LogP contribution is -2.25. The minimum absolute atomic E-state index is 0.114. The molecule has 0 aliphatic carbocycles. The molecule has 0 bridgehead atoms. The van der Waals surface area contributed by atoms with E-state index < -0.39 is 12.8 Å². The van der Waals surface area contributed by atoms with Crippen molar-refractivity contribution in [3.8, 4) is 0 Å². The largest absolute Gasteiger partial charge is 0.411 e. The first-order valence-corrected chi connectivity index (χ1v) is 8.79. The van der Waals surface area contributed by atoms with Gasteiger partial charge in [0, 0.05) is 19.5 Å². The van der Waals surface area contributed by atoms with Gasteiger partial charge in [-0.1, -0.05) is 36.4 Å². The topological polar surface area (TPSA) is 56.1 Å². The van der Waals surface area contributed by atoms with Crippen molar-refractivity contribution in [1.29, 1.82) is 0 Å². The Kier molecular flexibility index (Phi) is 6.30. The fourth-order valence-electron chi connectivity index (χ4n) is 2.81. The number of halogens is 3. The Morgan fingerprint density at radius 2 is 1.89 bits per heavy atom. The molecule has 0 saturated carbocycles. The van der Waals surface area contributed by atoms with Crippen LogP contribution in [0.3, 0.4) is 0 Å². The lowest BCUT2D eigenvalue weighted by molar-refractivity contribution is -0.174. The zero-order chi connectivity index (χ0) is 20.0. The number of para-hydroxylation sites is 2. The van der Waals surface area contributed by atoms with Gasteiger partial charge >= 0.3 is 6.18 Å². The van der Waals surface area contributed by atoms with E-state index in [1.165, 1.54) is 0 Å². The van der Waals surface area contributed by atoms with Crippen LogP contribution in [0.2, 0.25) is 0 Å². The molecule has 0 radical (unpaired) electrons. The highest BCUT2D eigenvalue weighted by atomic mass is 19.4. The van der Waals surface area contributed by atoms with E-state index in [0.717, 1.165) is 22.2 Å². The molecule has 28 heavy (non-hydrogen) atoms. The average molecular weight is 391 g/mol. The lowest BCUT2D eigenvalue weighted by atomic mass is 10.1. The van der Waals surface area contributed by atoms with E-state index in [1.54, 1.807) is 6.33 Å². The molecule has 148 valence electrons. The number of alkyl halides is 3. The molecule has 5 nitrogen and oxygen atoms in total. The van der Waals surface area contributed by atoms with Crippen LogP contribution in [0.25, 0.3) is 11.0 Å². The van der Waals surface area contributed by atoms with E-state index in [0.29, 0.717) is 13.1 Å². The summed E-state index contributed by atoms with van der Waals surface area (Å²) >= 11 is 0. The molecule has 3 rings (SSSR count). The van der Waals surface area contributed by atoms with Crippen LogP contribution in [0.15, 0.2) is 54.9 Å². The first-order chi connectivity index (χ1) is 13.4. The number of hydrogen-bond acceptors (Lipinski definition) is 3. The number of benzene rings is 2. The molecule has 0 atom stereocenters. The molecular weight excluding hydrogens is 371 g/mol. The Morgan fingerprint density at radius 1 is 1.11 bits per heavy atom. The highest BCUT2D eigenvalue weighted by molar-refractivity contribution is 5.76. The molecular formula is C20H20F3N3O2. The number of hydrogen-bond donors (Lipinski definition) is 1. The van der Waals surface area contributed by atoms with Crippen LogP contribution < -0.4 is 5.32 Å². The van der Waals surface area contributed by atoms with Crippen molar-refractivity contribution < 1.29 is 22.7 Å². The second-order valence-corrected chi connectivity index (χ2v) is 6.38. The van der Waals surface area contributed by atoms with Gasteiger partial charge in [-0.2, -0.15) is 13.2 Å². The average Bonchev–Trinajstić information content (AvgIpc) is 3.06. The third-order valence-corrected chi connectivity index (χ3v) is 4.10. The van der Waals surface area contributed by atoms with Crippen LogP contribution in [0.5, 0.6) is 0 Å². The molecule has 1 heterocycles. The second-order valence-electron chi connectivity index (χ2n) is 6.38. The summed E-state index contributed by atoms with van der Waals surface area (Å²) in [6.45, 7) is -0.658. The van der Waals surface area contributed by atoms with Crippen LogP contribution in [0.1, 0.15) is 17.5 Å². The van der Waals surface area contributed by atoms with Gasteiger partial charge in [-0.3, -0.25) is 4.79 Å². The van der Waals surface area contributed by atoms with Crippen molar-refractivity contribution in [2.24, 2.45) is 0 Å². The van der Waals surface area contributed by atoms with Crippen molar-refractivity contribution in [2.75, 3.05) is 13.2 Å². The highest BCUT2D eigenvalue weighted by Gasteiger charge is 2.27. The van der Waals surface area contributed by atoms with Gasteiger partial charge in [0.25, 0.3) is 0 Å². The normalized spacial score (nSPS) is 11.7. The summed E-state index contributed by atoms with van der Waals surface area (Å²) in [6.07, 6.45) is -2.70. The molecule has 0 saturated heterocycles. The molecule has 0 aliphatic heterocycles. The molecule has 1 aromatic heterocycles. The van der Waals surface area contributed by atoms with Gasteiger partial charge in [0.1, 0.15) is 6.61 Å². The fourth-order valence-corrected chi connectivity index (χ4v) is 2.81. The van der Waals surface area contributed by atoms with Gasteiger partial charge in [0.2, 0.25) is 5.91 Å². The third-order valence-electron chi connectivity index (χ3n) is 4.10. The van der Waals surface area contributed by atoms with Crippen molar-refractivity contribution >= 4 is 16.9 Å². The molecule has 1 amide bonds. The number of amides is 1. The van der Waals surface area contributed by atoms with Crippen LogP contribution in [-0.2, 0) is 22.6 Å². The first kappa shape index (κ1) is 19.9. The molecule has 0 unspecified atom stereocenters. The zero-order valence-corrected chi connectivity index (χ0v) is 15.1. The molecule has 2 aromatic carbocycles. The lowest BCUT2D eigenvalue weighted by Gasteiger charge is -2.10. The number of rotatable bonds is 8. The molecule has 3 aromatic rings. The van der Waals surface area contributed by atoms with E-state index in [2.05, 4.69) is 15.0 Å². The molecule has 0 spiro atoms.